The van der Waals surface area contributed by atoms with E-state index in [1.807, 2.05) is 0 Å². The van der Waals surface area contributed by atoms with Gasteiger partial charge in [0, 0.05) is 26.7 Å². The Morgan fingerprint density at radius 3 is 2.43 bits per heavy atom. The molecule has 0 bridgehead atoms. The summed E-state index contributed by atoms with van der Waals surface area (Å²) in [4.78, 5) is 13.2. The van der Waals surface area contributed by atoms with Crippen molar-refractivity contribution in [2.45, 2.75) is 17.7 Å². The number of hydrogen-bond donors (Lipinski definition) is 0. The minimum absolute atomic E-state index is 0.108. The van der Waals surface area contributed by atoms with Crippen molar-refractivity contribution in [1.29, 1.82) is 0 Å². The van der Waals surface area contributed by atoms with Crippen LogP contribution in [0, 0.1) is 11.7 Å². The Morgan fingerprint density at radius 1 is 1.35 bits per heavy atom. The van der Waals surface area contributed by atoms with Gasteiger partial charge in [-0.15, -0.1) is 0 Å². The first-order valence-electron chi connectivity index (χ1n) is 7.48. The summed E-state index contributed by atoms with van der Waals surface area (Å²) >= 11 is 0. The number of nitrogens with zero attached hydrogens (tertiary/aromatic N) is 2. The fourth-order valence-electron chi connectivity index (χ4n) is 2.72. The SMILES string of the molecule is C=CC(=O)N(C)CC1CCN(S(=O)(=O)c2ccc(F)cc2)CC1. The van der Waals surface area contributed by atoms with E-state index in [1.54, 1.807) is 11.9 Å². The summed E-state index contributed by atoms with van der Waals surface area (Å²) < 4.78 is 39.4. The number of hydrogen-bond acceptors (Lipinski definition) is 3. The normalized spacial score (nSPS) is 17.0. The first-order chi connectivity index (χ1) is 10.8. The maximum atomic E-state index is 12.9. The topological polar surface area (TPSA) is 57.7 Å². The molecule has 0 aromatic heterocycles. The van der Waals surface area contributed by atoms with Gasteiger partial charge in [0.2, 0.25) is 15.9 Å². The van der Waals surface area contributed by atoms with E-state index >= 15 is 0 Å². The van der Waals surface area contributed by atoms with Crippen molar-refractivity contribution in [1.82, 2.24) is 9.21 Å². The van der Waals surface area contributed by atoms with E-state index in [-0.39, 0.29) is 16.7 Å². The van der Waals surface area contributed by atoms with Gasteiger partial charge in [0.15, 0.2) is 0 Å². The largest absolute Gasteiger partial charge is 0.342 e. The predicted octanol–water partition coefficient (Wildman–Crippen LogP) is 1.87. The molecule has 5 nitrogen and oxygen atoms in total. The van der Waals surface area contributed by atoms with E-state index < -0.39 is 15.8 Å². The molecule has 0 radical (unpaired) electrons. The number of amides is 1. The van der Waals surface area contributed by atoms with Crippen LogP contribution in [0.25, 0.3) is 0 Å². The number of carbonyl (C=O) groups excluding carboxylic acids is 1. The van der Waals surface area contributed by atoms with Crippen LogP contribution in [-0.2, 0) is 14.8 Å². The van der Waals surface area contributed by atoms with Crippen molar-refractivity contribution in [3.8, 4) is 0 Å². The first-order valence-corrected chi connectivity index (χ1v) is 8.92. The molecule has 2 rings (SSSR count). The summed E-state index contributed by atoms with van der Waals surface area (Å²) in [5, 5.41) is 0. The molecule has 1 aliphatic rings. The van der Waals surface area contributed by atoms with Crippen molar-refractivity contribution < 1.29 is 17.6 Å². The lowest BCUT2D eigenvalue weighted by Crippen LogP contribution is -2.41. The zero-order valence-electron chi connectivity index (χ0n) is 13.1. The monoisotopic (exact) mass is 340 g/mol. The highest BCUT2D eigenvalue weighted by Gasteiger charge is 2.30. The number of carbonyl (C=O) groups is 1. The van der Waals surface area contributed by atoms with Crippen LogP contribution in [0.15, 0.2) is 41.8 Å². The second-order valence-electron chi connectivity index (χ2n) is 5.72. The molecule has 0 spiro atoms. The molecule has 1 aromatic rings. The Morgan fingerprint density at radius 2 is 1.91 bits per heavy atom. The quantitative estimate of drug-likeness (QED) is 0.769. The van der Waals surface area contributed by atoms with Crippen LogP contribution in [0.3, 0.4) is 0 Å². The summed E-state index contributed by atoms with van der Waals surface area (Å²) in [6, 6.07) is 4.87. The minimum Gasteiger partial charge on any atom is -0.342 e. The smallest absolute Gasteiger partial charge is 0.245 e. The van der Waals surface area contributed by atoms with Crippen molar-refractivity contribution in [3.05, 3.63) is 42.7 Å². The molecule has 1 heterocycles. The summed E-state index contributed by atoms with van der Waals surface area (Å²) in [7, 11) is -1.87. The summed E-state index contributed by atoms with van der Waals surface area (Å²) in [6.07, 6.45) is 2.65. The van der Waals surface area contributed by atoms with Gasteiger partial charge in [-0.05, 0) is 49.1 Å². The first kappa shape index (κ1) is 17.6. The zero-order valence-corrected chi connectivity index (χ0v) is 13.9. The lowest BCUT2D eigenvalue weighted by atomic mass is 9.97. The number of likely N-dealkylation sites (N-methyl/N-ethyl adjacent to an activating group) is 1. The predicted molar refractivity (Wildman–Crippen MR) is 85.7 cm³/mol. The van der Waals surface area contributed by atoms with Gasteiger partial charge in [-0.1, -0.05) is 6.58 Å². The van der Waals surface area contributed by atoms with E-state index in [2.05, 4.69) is 6.58 Å². The van der Waals surface area contributed by atoms with E-state index in [4.69, 9.17) is 0 Å². The van der Waals surface area contributed by atoms with E-state index in [9.17, 15) is 17.6 Å². The molecule has 126 valence electrons. The van der Waals surface area contributed by atoms with Crippen LogP contribution in [0.1, 0.15) is 12.8 Å². The van der Waals surface area contributed by atoms with Gasteiger partial charge < -0.3 is 4.90 Å². The molecule has 0 atom stereocenters. The number of rotatable bonds is 5. The third kappa shape index (κ3) is 4.17. The molecule has 1 aromatic carbocycles. The van der Waals surface area contributed by atoms with Crippen LogP contribution < -0.4 is 0 Å². The molecule has 1 fully saturated rings. The van der Waals surface area contributed by atoms with Crippen molar-refractivity contribution in [2.24, 2.45) is 5.92 Å². The standard InChI is InChI=1S/C16H21FN2O3S/c1-3-16(20)18(2)12-13-8-10-19(11-9-13)23(21,22)15-6-4-14(17)5-7-15/h3-7,13H,1,8-12H2,2H3. The van der Waals surface area contributed by atoms with Gasteiger partial charge in [0.1, 0.15) is 5.82 Å². The fraction of sp³-hybridized carbons (Fsp3) is 0.438. The third-order valence-corrected chi connectivity index (χ3v) is 6.02. The average molecular weight is 340 g/mol. The Balaban J connectivity index is 1.97. The van der Waals surface area contributed by atoms with Crippen molar-refractivity contribution in [2.75, 3.05) is 26.7 Å². The number of halogens is 1. The van der Waals surface area contributed by atoms with Gasteiger partial charge in [-0.25, -0.2) is 12.8 Å². The summed E-state index contributed by atoms with van der Waals surface area (Å²) in [5.41, 5.74) is 0. The number of benzene rings is 1. The fourth-order valence-corrected chi connectivity index (χ4v) is 4.19. The van der Waals surface area contributed by atoms with Crippen LogP contribution in [-0.4, -0.2) is 50.2 Å². The molecule has 1 saturated heterocycles. The highest BCUT2D eigenvalue weighted by molar-refractivity contribution is 7.89. The second-order valence-corrected chi connectivity index (χ2v) is 7.66. The Kier molecular flexibility index (Phi) is 5.54. The van der Waals surface area contributed by atoms with Crippen LogP contribution in [0.2, 0.25) is 0 Å². The van der Waals surface area contributed by atoms with Gasteiger partial charge in [-0.2, -0.15) is 4.31 Å². The number of piperidine rings is 1. The summed E-state index contributed by atoms with van der Waals surface area (Å²) in [5.74, 6) is -0.326. The van der Waals surface area contributed by atoms with Crippen LogP contribution in [0.5, 0.6) is 0 Å². The van der Waals surface area contributed by atoms with E-state index in [1.165, 1.54) is 22.5 Å². The molecule has 23 heavy (non-hydrogen) atoms. The Bertz CT molecular complexity index is 665. The van der Waals surface area contributed by atoms with Crippen molar-refractivity contribution in [3.63, 3.8) is 0 Å². The molecule has 1 amide bonds. The highest BCUT2D eigenvalue weighted by Crippen LogP contribution is 2.24. The average Bonchev–Trinajstić information content (AvgIpc) is 2.55. The van der Waals surface area contributed by atoms with Gasteiger partial charge in [0.25, 0.3) is 0 Å². The van der Waals surface area contributed by atoms with Gasteiger partial charge in [0.05, 0.1) is 4.90 Å². The summed E-state index contributed by atoms with van der Waals surface area (Å²) in [6.45, 7) is 4.85. The lowest BCUT2D eigenvalue weighted by molar-refractivity contribution is -0.125. The van der Waals surface area contributed by atoms with Crippen molar-refractivity contribution >= 4 is 15.9 Å². The molecule has 1 aliphatic heterocycles. The molecule has 0 saturated carbocycles. The maximum Gasteiger partial charge on any atom is 0.245 e. The zero-order chi connectivity index (χ0) is 17.0. The molecular formula is C16H21FN2O3S. The maximum absolute atomic E-state index is 12.9. The molecule has 0 aliphatic carbocycles. The highest BCUT2D eigenvalue weighted by atomic mass is 32.2. The molecule has 0 unspecified atom stereocenters. The minimum atomic E-state index is -3.58. The second kappa shape index (κ2) is 7.23. The van der Waals surface area contributed by atoms with E-state index in [0.717, 1.165) is 12.1 Å². The number of sulfonamides is 1. The lowest BCUT2D eigenvalue weighted by Gasteiger charge is -2.33. The molecular weight excluding hydrogens is 319 g/mol. The Labute approximate surface area is 136 Å². The van der Waals surface area contributed by atoms with Crippen LogP contribution >= 0.6 is 0 Å². The molecule has 7 heteroatoms. The van der Waals surface area contributed by atoms with Gasteiger partial charge >= 0.3 is 0 Å². The third-order valence-electron chi connectivity index (χ3n) is 4.11. The molecule has 0 N–H and O–H groups in total. The Hall–Kier alpha value is -1.73. The van der Waals surface area contributed by atoms with E-state index in [0.29, 0.717) is 32.5 Å². The van der Waals surface area contributed by atoms with Crippen LogP contribution in [0.4, 0.5) is 4.39 Å². The van der Waals surface area contributed by atoms with Gasteiger partial charge in [-0.3, -0.25) is 4.79 Å².